The van der Waals surface area contributed by atoms with Crippen LogP contribution in [0.15, 0.2) is 46.9 Å². The van der Waals surface area contributed by atoms with Crippen molar-refractivity contribution in [1.29, 1.82) is 0 Å². The number of fused-ring (bicyclic) bond motifs is 1. The number of hydrogen-bond acceptors (Lipinski definition) is 3. The van der Waals surface area contributed by atoms with Crippen LogP contribution in [0, 0.1) is 0 Å². The molecular formula is C20H21BrN2O2. The predicted octanol–water partition coefficient (Wildman–Crippen LogP) is 4.10. The summed E-state index contributed by atoms with van der Waals surface area (Å²) < 4.78 is 6.27. The fourth-order valence-electron chi connectivity index (χ4n) is 3.04. The van der Waals surface area contributed by atoms with Crippen LogP contribution >= 0.6 is 15.9 Å². The van der Waals surface area contributed by atoms with E-state index in [0.717, 1.165) is 41.0 Å². The first-order chi connectivity index (χ1) is 12.1. The molecular weight excluding hydrogens is 380 g/mol. The van der Waals surface area contributed by atoms with Crippen molar-refractivity contribution in [1.82, 2.24) is 4.90 Å². The Morgan fingerprint density at radius 2 is 2.16 bits per heavy atom. The molecule has 0 fully saturated rings. The van der Waals surface area contributed by atoms with Gasteiger partial charge in [-0.3, -0.25) is 4.79 Å². The first kappa shape index (κ1) is 17.7. The van der Waals surface area contributed by atoms with Crippen LogP contribution in [0.4, 0.5) is 5.69 Å². The summed E-state index contributed by atoms with van der Waals surface area (Å²) in [6.45, 7) is 1.93. The Kier molecular flexibility index (Phi) is 5.56. The van der Waals surface area contributed by atoms with Crippen LogP contribution in [0.1, 0.15) is 16.7 Å². The number of benzene rings is 2. The normalized spacial score (nSPS) is 14.4. The van der Waals surface area contributed by atoms with E-state index in [-0.39, 0.29) is 5.91 Å². The van der Waals surface area contributed by atoms with Crippen molar-refractivity contribution < 1.29 is 9.53 Å². The summed E-state index contributed by atoms with van der Waals surface area (Å²) in [5, 5.41) is 3.01. The van der Waals surface area contributed by atoms with Crippen LogP contribution in [-0.2, 0) is 17.8 Å². The number of methoxy groups -OCH3 is 1. The number of nitrogens with zero attached hydrogens (tertiary/aromatic N) is 1. The number of hydrogen-bond donors (Lipinski definition) is 1. The molecule has 5 heteroatoms. The third kappa shape index (κ3) is 4.30. The number of amides is 1. The quantitative estimate of drug-likeness (QED) is 0.785. The van der Waals surface area contributed by atoms with E-state index in [0.29, 0.717) is 0 Å². The number of carbonyl (C=O) groups is 1. The molecule has 130 valence electrons. The van der Waals surface area contributed by atoms with E-state index in [1.807, 2.05) is 30.3 Å². The third-order valence-corrected chi connectivity index (χ3v) is 4.81. The van der Waals surface area contributed by atoms with Crippen molar-refractivity contribution in [3.05, 3.63) is 63.6 Å². The molecule has 0 spiro atoms. The molecule has 1 aliphatic heterocycles. The minimum absolute atomic E-state index is 0.144. The highest BCUT2D eigenvalue weighted by atomic mass is 79.9. The summed E-state index contributed by atoms with van der Waals surface area (Å²) in [7, 11) is 3.73. The second-order valence-corrected chi connectivity index (χ2v) is 7.06. The Balaban J connectivity index is 1.76. The molecule has 3 rings (SSSR count). The largest absolute Gasteiger partial charge is 0.496 e. The molecule has 1 amide bonds. The van der Waals surface area contributed by atoms with E-state index in [1.54, 1.807) is 19.3 Å². The molecule has 0 atom stereocenters. The molecule has 0 aromatic heterocycles. The first-order valence-electron chi connectivity index (χ1n) is 8.18. The molecule has 1 heterocycles. The summed E-state index contributed by atoms with van der Waals surface area (Å²) in [5.41, 5.74) is 4.27. The highest BCUT2D eigenvalue weighted by Gasteiger charge is 2.16. The van der Waals surface area contributed by atoms with Gasteiger partial charge in [0, 0.05) is 34.9 Å². The third-order valence-electron chi connectivity index (χ3n) is 4.32. The van der Waals surface area contributed by atoms with Gasteiger partial charge in [-0.2, -0.15) is 0 Å². The lowest BCUT2D eigenvalue weighted by Gasteiger charge is -2.26. The van der Waals surface area contributed by atoms with Gasteiger partial charge in [0.25, 0.3) is 0 Å². The fourth-order valence-corrected chi connectivity index (χ4v) is 3.42. The van der Waals surface area contributed by atoms with Crippen LogP contribution < -0.4 is 10.1 Å². The maximum atomic E-state index is 12.4. The summed E-state index contributed by atoms with van der Waals surface area (Å²) in [5.74, 6) is 0.585. The lowest BCUT2D eigenvalue weighted by molar-refractivity contribution is -0.111. The summed E-state index contributed by atoms with van der Waals surface area (Å²) in [6, 6.07) is 11.8. The van der Waals surface area contributed by atoms with E-state index in [1.165, 1.54) is 11.1 Å². The predicted molar refractivity (Wildman–Crippen MR) is 105 cm³/mol. The number of likely N-dealkylation sites (N-methyl/N-ethyl adjacent to an activating group) is 1. The monoisotopic (exact) mass is 400 g/mol. The molecule has 4 nitrogen and oxygen atoms in total. The minimum Gasteiger partial charge on any atom is -0.496 e. The number of anilines is 1. The zero-order valence-electron chi connectivity index (χ0n) is 14.4. The van der Waals surface area contributed by atoms with Gasteiger partial charge in [-0.25, -0.2) is 0 Å². The lowest BCUT2D eigenvalue weighted by atomic mass is 9.98. The van der Waals surface area contributed by atoms with Gasteiger partial charge < -0.3 is 15.0 Å². The molecule has 0 bridgehead atoms. The van der Waals surface area contributed by atoms with Gasteiger partial charge in [0.05, 0.1) is 7.11 Å². The van der Waals surface area contributed by atoms with Gasteiger partial charge >= 0.3 is 0 Å². The average Bonchev–Trinajstić information content (AvgIpc) is 2.60. The highest BCUT2D eigenvalue weighted by Crippen LogP contribution is 2.26. The van der Waals surface area contributed by atoms with Crippen LogP contribution in [0.3, 0.4) is 0 Å². The van der Waals surface area contributed by atoms with Crippen molar-refractivity contribution >= 4 is 33.6 Å². The molecule has 0 unspecified atom stereocenters. The molecule has 1 N–H and O–H groups in total. The zero-order chi connectivity index (χ0) is 17.8. The second kappa shape index (κ2) is 7.85. The fraction of sp³-hybridized carbons (Fsp3) is 0.250. The molecule has 25 heavy (non-hydrogen) atoms. The summed E-state index contributed by atoms with van der Waals surface area (Å²) in [4.78, 5) is 14.6. The van der Waals surface area contributed by atoms with Gasteiger partial charge in [-0.05, 0) is 54.9 Å². The van der Waals surface area contributed by atoms with Crippen LogP contribution in [0.25, 0.3) is 6.08 Å². The van der Waals surface area contributed by atoms with Gasteiger partial charge in [0.1, 0.15) is 5.75 Å². The van der Waals surface area contributed by atoms with Crippen molar-refractivity contribution in [2.45, 2.75) is 13.0 Å². The maximum Gasteiger partial charge on any atom is 0.248 e. The van der Waals surface area contributed by atoms with Crippen molar-refractivity contribution in [2.24, 2.45) is 0 Å². The summed E-state index contributed by atoms with van der Waals surface area (Å²) in [6.07, 6.45) is 4.26. The Morgan fingerprint density at radius 1 is 1.32 bits per heavy atom. The SMILES string of the molecule is COc1ccc(Br)cc1C=CC(=O)Nc1cccc2c1CCN(C)C2. The van der Waals surface area contributed by atoms with Gasteiger partial charge in [-0.1, -0.05) is 28.1 Å². The van der Waals surface area contributed by atoms with Crippen molar-refractivity contribution in [2.75, 3.05) is 26.0 Å². The highest BCUT2D eigenvalue weighted by molar-refractivity contribution is 9.10. The Bertz CT molecular complexity index is 817. The number of rotatable bonds is 4. The Morgan fingerprint density at radius 3 is 2.96 bits per heavy atom. The van der Waals surface area contributed by atoms with Crippen molar-refractivity contribution in [3.63, 3.8) is 0 Å². The molecule has 0 aliphatic carbocycles. The van der Waals surface area contributed by atoms with E-state index in [4.69, 9.17) is 4.74 Å². The Hall–Kier alpha value is -2.11. The first-order valence-corrected chi connectivity index (χ1v) is 8.98. The van der Waals surface area contributed by atoms with Crippen LogP contribution in [0.2, 0.25) is 0 Å². The smallest absolute Gasteiger partial charge is 0.248 e. The second-order valence-electron chi connectivity index (χ2n) is 6.14. The zero-order valence-corrected chi connectivity index (χ0v) is 16.0. The maximum absolute atomic E-state index is 12.4. The standard InChI is InChI=1S/C20H21BrN2O2/c1-23-11-10-17-15(13-23)4-3-5-18(17)22-20(24)9-6-14-12-16(21)7-8-19(14)25-2/h3-9,12H,10-11,13H2,1-2H3,(H,22,24). The van der Waals surface area contributed by atoms with E-state index >= 15 is 0 Å². The number of ether oxygens (including phenoxy) is 1. The van der Waals surface area contributed by atoms with Crippen LogP contribution in [-0.4, -0.2) is 31.5 Å². The average molecular weight is 401 g/mol. The van der Waals surface area contributed by atoms with Crippen molar-refractivity contribution in [3.8, 4) is 5.75 Å². The van der Waals surface area contributed by atoms with E-state index in [2.05, 4.69) is 39.3 Å². The van der Waals surface area contributed by atoms with Crippen LogP contribution in [0.5, 0.6) is 5.75 Å². The minimum atomic E-state index is -0.144. The number of carbonyl (C=O) groups excluding carboxylic acids is 1. The van der Waals surface area contributed by atoms with Gasteiger partial charge in [0.2, 0.25) is 5.91 Å². The molecule has 1 aliphatic rings. The molecule has 2 aromatic rings. The van der Waals surface area contributed by atoms with Gasteiger partial charge in [-0.15, -0.1) is 0 Å². The summed E-state index contributed by atoms with van der Waals surface area (Å²) >= 11 is 3.44. The Labute approximate surface area is 156 Å². The number of nitrogens with one attached hydrogen (secondary N) is 1. The number of halogens is 1. The molecule has 0 saturated heterocycles. The van der Waals surface area contributed by atoms with Gasteiger partial charge in [0.15, 0.2) is 0 Å². The molecule has 0 saturated carbocycles. The topological polar surface area (TPSA) is 41.6 Å². The molecule has 2 aromatic carbocycles. The molecule has 0 radical (unpaired) electrons. The van der Waals surface area contributed by atoms with E-state index < -0.39 is 0 Å². The van der Waals surface area contributed by atoms with E-state index in [9.17, 15) is 4.79 Å². The lowest BCUT2D eigenvalue weighted by Crippen LogP contribution is -2.27.